The molecule has 0 radical (unpaired) electrons. The van der Waals surface area contributed by atoms with Crippen molar-refractivity contribution < 1.29 is 4.74 Å². The fourth-order valence-electron chi connectivity index (χ4n) is 1.12. The van der Waals surface area contributed by atoms with E-state index in [1.54, 1.807) is 0 Å². The van der Waals surface area contributed by atoms with Crippen LogP contribution in [0, 0.1) is 0 Å². The summed E-state index contributed by atoms with van der Waals surface area (Å²) in [6, 6.07) is 0. The van der Waals surface area contributed by atoms with Crippen molar-refractivity contribution in [2.45, 2.75) is 66.0 Å². The molecule has 0 fully saturated rings. The van der Waals surface area contributed by atoms with Gasteiger partial charge < -0.3 is 10.5 Å². The van der Waals surface area contributed by atoms with E-state index in [1.807, 2.05) is 60.6 Å². The lowest BCUT2D eigenvalue weighted by molar-refractivity contribution is 0.0313. The number of allylic oxidation sites excluding steroid dienone is 1. The monoisotopic (exact) mass is 239 g/mol. The molecule has 0 bridgehead atoms. The molecule has 0 aromatic carbocycles. The van der Waals surface area contributed by atoms with Gasteiger partial charge in [-0.05, 0) is 41.0 Å². The molecular formula is C15H29NO. The first kappa shape index (κ1) is 18.4. The van der Waals surface area contributed by atoms with Gasteiger partial charge >= 0.3 is 0 Å². The normalized spacial score (nSPS) is 14.4. The first-order chi connectivity index (χ1) is 7.73. The minimum atomic E-state index is -0.540. The maximum atomic E-state index is 6.15. The molecule has 0 heterocycles. The van der Waals surface area contributed by atoms with E-state index in [0.717, 1.165) is 6.42 Å². The highest BCUT2D eigenvalue weighted by atomic mass is 16.5. The molecule has 0 saturated heterocycles. The maximum absolute atomic E-state index is 6.15. The van der Waals surface area contributed by atoms with Crippen LogP contribution in [0.1, 0.15) is 54.9 Å². The minimum absolute atomic E-state index is 0.267. The molecule has 17 heavy (non-hydrogen) atoms. The van der Waals surface area contributed by atoms with Gasteiger partial charge in [0.2, 0.25) is 0 Å². The van der Waals surface area contributed by atoms with Crippen LogP contribution in [0.2, 0.25) is 0 Å². The van der Waals surface area contributed by atoms with Crippen LogP contribution in [0.4, 0.5) is 0 Å². The van der Waals surface area contributed by atoms with Gasteiger partial charge in [-0.15, -0.1) is 0 Å². The Morgan fingerprint density at radius 3 is 2.06 bits per heavy atom. The molecule has 0 aromatic rings. The highest BCUT2D eigenvalue weighted by Crippen LogP contribution is 2.23. The second-order valence-electron chi connectivity index (χ2n) is 4.91. The van der Waals surface area contributed by atoms with Crippen molar-refractivity contribution in [1.29, 1.82) is 0 Å². The van der Waals surface area contributed by atoms with E-state index in [-0.39, 0.29) is 5.60 Å². The van der Waals surface area contributed by atoms with Gasteiger partial charge in [0.15, 0.2) is 5.76 Å². The first-order valence-electron chi connectivity index (χ1n) is 6.22. The third-order valence-corrected chi connectivity index (χ3v) is 1.87. The number of nitrogens with two attached hydrogens (primary N) is 1. The lowest BCUT2D eigenvalue weighted by Crippen LogP contribution is -2.41. The molecular weight excluding hydrogens is 210 g/mol. The van der Waals surface area contributed by atoms with Gasteiger partial charge in [0.25, 0.3) is 0 Å². The van der Waals surface area contributed by atoms with Gasteiger partial charge in [0, 0.05) is 0 Å². The molecule has 0 rings (SSSR count). The van der Waals surface area contributed by atoms with Crippen molar-refractivity contribution in [3.05, 3.63) is 30.2 Å². The summed E-state index contributed by atoms with van der Waals surface area (Å²) in [7, 11) is 0. The van der Waals surface area contributed by atoms with E-state index in [1.165, 1.54) is 0 Å². The van der Waals surface area contributed by atoms with Crippen molar-refractivity contribution in [3.8, 4) is 0 Å². The SMILES string of the molecule is C=C=C(OC(C)(C)C)C(C)(N)C/C=C/C.CC. The van der Waals surface area contributed by atoms with Crippen molar-refractivity contribution in [3.63, 3.8) is 0 Å². The average molecular weight is 239 g/mol. The number of hydrogen-bond acceptors (Lipinski definition) is 2. The number of ether oxygens (including phenoxy) is 1. The topological polar surface area (TPSA) is 35.2 Å². The summed E-state index contributed by atoms with van der Waals surface area (Å²) < 4.78 is 5.73. The standard InChI is InChI=1S/C13H23NO.C2H6/c1-7-9-10-13(6,14)11(8-2)15-12(3,4)5;1-2/h7,9H,2,10,14H2,1,3-6H3;1-2H3/b9-7+;. The van der Waals surface area contributed by atoms with Crippen LogP contribution in [0.3, 0.4) is 0 Å². The summed E-state index contributed by atoms with van der Waals surface area (Å²) in [5.74, 6) is 0.619. The van der Waals surface area contributed by atoms with E-state index in [4.69, 9.17) is 10.5 Å². The Hall–Kier alpha value is -0.980. The zero-order valence-electron chi connectivity index (χ0n) is 12.6. The van der Waals surface area contributed by atoms with E-state index in [2.05, 4.69) is 12.3 Å². The second-order valence-corrected chi connectivity index (χ2v) is 4.91. The van der Waals surface area contributed by atoms with Crippen LogP contribution in [-0.4, -0.2) is 11.1 Å². The van der Waals surface area contributed by atoms with Crippen LogP contribution in [0.25, 0.3) is 0 Å². The summed E-state index contributed by atoms with van der Waals surface area (Å²) in [4.78, 5) is 0. The Kier molecular flexibility index (Phi) is 8.83. The number of hydrogen-bond donors (Lipinski definition) is 1. The molecule has 0 aliphatic heterocycles. The van der Waals surface area contributed by atoms with Crippen molar-refractivity contribution in [2.75, 3.05) is 0 Å². The van der Waals surface area contributed by atoms with Gasteiger partial charge in [-0.2, -0.15) is 0 Å². The highest BCUT2D eigenvalue weighted by molar-refractivity contribution is 5.13. The molecule has 2 heteroatoms. The average Bonchev–Trinajstić information content (AvgIpc) is 2.24. The summed E-state index contributed by atoms with van der Waals surface area (Å²) in [6.07, 6.45) is 4.71. The van der Waals surface area contributed by atoms with Crippen molar-refractivity contribution in [1.82, 2.24) is 0 Å². The molecule has 0 aliphatic rings. The van der Waals surface area contributed by atoms with Crippen molar-refractivity contribution in [2.24, 2.45) is 5.73 Å². The first-order valence-corrected chi connectivity index (χ1v) is 6.22. The third-order valence-electron chi connectivity index (χ3n) is 1.87. The fraction of sp³-hybridized carbons (Fsp3) is 0.667. The summed E-state index contributed by atoms with van der Waals surface area (Å²) in [5.41, 5.74) is 8.13. The fourth-order valence-corrected chi connectivity index (χ4v) is 1.12. The number of rotatable bonds is 4. The van der Waals surface area contributed by atoms with E-state index < -0.39 is 5.54 Å². The summed E-state index contributed by atoms with van der Waals surface area (Å²) >= 11 is 0. The second kappa shape index (κ2) is 8.16. The van der Waals surface area contributed by atoms with E-state index in [0.29, 0.717) is 5.76 Å². The predicted octanol–water partition coefficient (Wildman–Crippen LogP) is 4.18. The van der Waals surface area contributed by atoms with Gasteiger partial charge in [0.1, 0.15) is 5.60 Å². The molecule has 0 amide bonds. The molecule has 1 unspecified atom stereocenters. The van der Waals surface area contributed by atoms with Gasteiger partial charge in [-0.25, -0.2) is 0 Å². The summed E-state index contributed by atoms with van der Waals surface area (Å²) in [5, 5.41) is 0. The highest BCUT2D eigenvalue weighted by Gasteiger charge is 2.27. The van der Waals surface area contributed by atoms with Gasteiger partial charge in [-0.1, -0.05) is 38.3 Å². The molecule has 1 atom stereocenters. The molecule has 0 saturated carbocycles. The van der Waals surface area contributed by atoms with Crippen LogP contribution < -0.4 is 5.73 Å². The van der Waals surface area contributed by atoms with Crippen LogP contribution >= 0.6 is 0 Å². The maximum Gasteiger partial charge on any atom is 0.158 e. The Morgan fingerprint density at radius 1 is 1.29 bits per heavy atom. The largest absolute Gasteiger partial charge is 0.482 e. The zero-order chi connectivity index (χ0) is 14.1. The molecule has 0 aromatic heterocycles. The van der Waals surface area contributed by atoms with Crippen LogP contribution in [-0.2, 0) is 4.74 Å². The lowest BCUT2D eigenvalue weighted by atomic mass is 9.96. The Morgan fingerprint density at radius 2 is 1.76 bits per heavy atom. The Labute approximate surface area is 107 Å². The third kappa shape index (κ3) is 8.79. The molecule has 2 nitrogen and oxygen atoms in total. The minimum Gasteiger partial charge on any atom is -0.482 e. The smallest absolute Gasteiger partial charge is 0.158 e. The van der Waals surface area contributed by atoms with Gasteiger partial charge in [-0.3, -0.25) is 0 Å². The molecule has 0 aliphatic carbocycles. The van der Waals surface area contributed by atoms with Crippen molar-refractivity contribution >= 4 is 0 Å². The molecule has 100 valence electrons. The molecule has 0 spiro atoms. The Balaban J connectivity index is 0. The quantitative estimate of drug-likeness (QED) is 0.454. The summed E-state index contributed by atoms with van der Waals surface area (Å²) in [6.45, 7) is 17.5. The Bertz CT molecular complexity index is 276. The lowest BCUT2D eigenvalue weighted by Gasteiger charge is -2.31. The molecule has 2 N–H and O–H groups in total. The zero-order valence-corrected chi connectivity index (χ0v) is 12.6. The van der Waals surface area contributed by atoms with E-state index in [9.17, 15) is 0 Å². The van der Waals surface area contributed by atoms with Crippen LogP contribution in [0.5, 0.6) is 0 Å². The predicted molar refractivity (Wildman–Crippen MR) is 76.9 cm³/mol. The van der Waals surface area contributed by atoms with E-state index >= 15 is 0 Å². The van der Waals surface area contributed by atoms with Gasteiger partial charge in [0.05, 0.1) is 5.54 Å². The van der Waals surface area contributed by atoms with Crippen LogP contribution in [0.15, 0.2) is 30.2 Å².